The van der Waals surface area contributed by atoms with Gasteiger partial charge < -0.3 is 5.11 Å². The molecule has 76 valence electrons. The second kappa shape index (κ2) is 3.28. The topological polar surface area (TPSA) is 46.0 Å². The Hall–Kier alpha value is -0.480. The van der Waals surface area contributed by atoms with Crippen LogP contribution in [-0.4, -0.2) is 15.1 Å². The van der Waals surface area contributed by atoms with Crippen molar-refractivity contribution in [3.63, 3.8) is 0 Å². The van der Waals surface area contributed by atoms with Crippen LogP contribution >= 0.6 is 15.9 Å². The van der Waals surface area contributed by atoms with Crippen molar-refractivity contribution < 1.29 is 5.11 Å². The molecule has 0 aromatic carbocycles. The molecule has 0 atom stereocenters. The molecule has 1 aromatic rings. The fraction of sp³-hybridized carbons (Fsp3) is 0.600. The molecule has 0 radical (unpaired) electrons. The minimum Gasteiger partial charge on any atom is -0.384 e. The largest absolute Gasteiger partial charge is 0.384 e. The Labute approximate surface area is 91.7 Å². The molecule has 1 saturated carbocycles. The lowest BCUT2D eigenvalue weighted by molar-refractivity contribution is 0.0731. The summed E-state index contributed by atoms with van der Waals surface area (Å²) >= 11 is 3.38. The highest BCUT2D eigenvalue weighted by Crippen LogP contribution is 2.41. The summed E-state index contributed by atoms with van der Waals surface area (Å²) < 4.78 is 0.813. The fourth-order valence-electron chi connectivity index (χ4n) is 1.30. The summed E-state index contributed by atoms with van der Waals surface area (Å²) in [7, 11) is 0. The predicted octanol–water partition coefficient (Wildman–Crippen LogP) is 2.34. The molecule has 0 bridgehead atoms. The van der Waals surface area contributed by atoms with Crippen LogP contribution in [-0.2, 0) is 5.60 Å². The first kappa shape index (κ1) is 10.1. The highest BCUT2D eigenvalue weighted by molar-refractivity contribution is 9.10. The van der Waals surface area contributed by atoms with E-state index in [-0.39, 0.29) is 0 Å². The molecule has 0 saturated heterocycles. The highest BCUT2D eigenvalue weighted by Gasteiger charge is 2.29. The molecule has 1 aliphatic rings. The van der Waals surface area contributed by atoms with E-state index >= 15 is 0 Å². The number of hydrogen-bond donors (Lipinski definition) is 1. The predicted molar refractivity (Wildman–Crippen MR) is 57.0 cm³/mol. The van der Waals surface area contributed by atoms with Crippen LogP contribution in [0, 0.1) is 0 Å². The summed E-state index contributed by atoms with van der Waals surface area (Å²) in [4.78, 5) is 8.65. The van der Waals surface area contributed by atoms with E-state index in [1.54, 1.807) is 20.0 Å². The first-order chi connectivity index (χ1) is 6.48. The lowest BCUT2D eigenvalue weighted by atomic mass is 10.1. The van der Waals surface area contributed by atoms with Gasteiger partial charge in [0.05, 0.1) is 17.6 Å². The smallest absolute Gasteiger partial charge is 0.127 e. The molecule has 14 heavy (non-hydrogen) atoms. The minimum absolute atomic E-state index is 0.541. The van der Waals surface area contributed by atoms with Crippen LogP contribution in [0.2, 0.25) is 0 Å². The van der Waals surface area contributed by atoms with Crippen molar-refractivity contribution in [1.82, 2.24) is 9.97 Å². The molecule has 1 aliphatic carbocycles. The SMILES string of the molecule is CC(C)(O)c1cnc(Br)c(C2CC2)n1. The van der Waals surface area contributed by atoms with Crippen LogP contribution in [0.5, 0.6) is 0 Å². The van der Waals surface area contributed by atoms with Crippen molar-refractivity contribution in [2.75, 3.05) is 0 Å². The molecule has 1 N–H and O–H groups in total. The van der Waals surface area contributed by atoms with Gasteiger partial charge in [0, 0.05) is 5.92 Å². The summed E-state index contributed by atoms with van der Waals surface area (Å²) in [6.07, 6.45) is 3.99. The van der Waals surface area contributed by atoms with Crippen LogP contribution in [0.15, 0.2) is 10.8 Å². The van der Waals surface area contributed by atoms with Crippen molar-refractivity contribution in [2.45, 2.75) is 38.2 Å². The summed E-state index contributed by atoms with van der Waals surface area (Å²) in [5.41, 5.74) is 0.726. The Morgan fingerprint density at radius 3 is 2.64 bits per heavy atom. The Bertz CT molecular complexity index is 356. The second-order valence-electron chi connectivity index (χ2n) is 4.26. The van der Waals surface area contributed by atoms with Crippen LogP contribution < -0.4 is 0 Å². The molecule has 1 heterocycles. The third-order valence-corrected chi connectivity index (χ3v) is 2.95. The third kappa shape index (κ3) is 1.96. The number of aliphatic hydroxyl groups is 1. The molecule has 1 aromatic heterocycles. The van der Waals surface area contributed by atoms with Gasteiger partial charge in [0.15, 0.2) is 0 Å². The standard InChI is InChI=1S/C10H13BrN2O/c1-10(2,14)7-5-12-9(11)8(13-7)6-3-4-6/h5-6,14H,3-4H2,1-2H3. The first-order valence-corrected chi connectivity index (χ1v) is 5.53. The lowest BCUT2D eigenvalue weighted by Crippen LogP contribution is -2.18. The van der Waals surface area contributed by atoms with Crippen LogP contribution in [0.1, 0.15) is 44.0 Å². The Morgan fingerprint density at radius 2 is 2.14 bits per heavy atom. The number of nitrogens with zero attached hydrogens (tertiary/aromatic N) is 2. The van der Waals surface area contributed by atoms with Crippen molar-refractivity contribution in [3.05, 3.63) is 22.2 Å². The molecule has 0 spiro atoms. The van der Waals surface area contributed by atoms with Gasteiger partial charge in [-0.15, -0.1) is 0 Å². The van der Waals surface area contributed by atoms with Crippen LogP contribution in [0.25, 0.3) is 0 Å². The zero-order valence-corrected chi connectivity index (χ0v) is 9.87. The van der Waals surface area contributed by atoms with E-state index in [4.69, 9.17) is 0 Å². The van der Waals surface area contributed by atoms with Crippen LogP contribution in [0.3, 0.4) is 0 Å². The fourth-order valence-corrected chi connectivity index (χ4v) is 1.81. The Kier molecular flexibility index (Phi) is 2.35. The van der Waals surface area contributed by atoms with E-state index in [0.29, 0.717) is 11.6 Å². The van der Waals surface area contributed by atoms with E-state index < -0.39 is 5.60 Å². The zero-order valence-electron chi connectivity index (χ0n) is 8.29. The molecule has 2 rings (SSSR count). The summed E-state index contributed by atoms with van der Waals surface area (Å²) in [5, 5.41) is 9.79. The number of hydrogen-bond acceptors (Lipinski definition) is 3. The van der Waals surface area contributed by atoms with E-state index in [1.807, 2.05) is 0 Å². The van der Waals surface area contributed by atoms with E-state index in [9.17, 15) is 5.11 Å². The molecular formula is C10H13BrN2O. The van der Waals surface area contributed by atoms with E-state index in [1.165, 1.54) is 12.8 Å². The van der Waals surface area contributed by atoms with Gasteiger partial charge in [-0.25, -0.2) is 4.98 Å². The quantitative estimate of drug-likeness (QED) is 0.884. The molecule has 3 nitrogen and oxygen atoms in total. The van der Waals surface area contributed by atoms with Gasteiger partial charge in [0.2, 0.25) is 0 Å². The lowest BCUT2D eigenvalue weighted by Gasteiger charge is -2.17. The summed E-state index contributed by atoms with van der Waals surface area (Å²) in [6.45, 7) is 3.45. The van der Waals surface area contributed by atoms with E-state index in [0.717, 1.165) is 10.3 Å². The van der Waals surface area contributed by atoms with Gasteiger partial charge in [-0.05, 0) is 42.6 Å². The monoisotopic (exact) mass is 256 g/mol. The highest BCUT2D eigenvalue weighted by atomic mass is 79.9. The molecule has 0 amide bonds. The molecule has 0 unspecified atom stereocenters. The second-order valence-corrected chi connectivity index (χ2v) is 5.02. The Balaban J connectivity index is 2.40. The third-order valence-electron chi connectivity index (χ3n) is 2.34. The number of halogens is 1. The van der Waals surface area contributed by atoms with Gasteiger partial charge in [-0.2, -0.15) is 0 Å². The van der Waals surface area contributed by atoms with Gasteiger partial charge in [0.1, 0.15) is 10.2 Å². The maximum absolute atomic E-state index is 9.79. The molecule has 1 fully saturated rings. The van der Waals surface area contributed by atoms with Crippen LogP contribution in [0.4, 0.5) is 0 Å². The van der Waals surface area contributed by atoms with E-state index in [2.05, 4.69) is 25.9 Å². The molecule has 0 aliphatic heterocycles. The Morgan fingerprint density at radius 1 is 1.50 bits per heavy atom. The van der Waals surface area contributed by atoms with Crippen molar-refractivity contribution in [2.24, 2.45) is 0 Å². The average molecular weight is 257 g/mol. The maximum atomic E-state index is 9.79. The zero-order chi connectivity index (χ0) is 10.3. The van der Waals surface area contributed by atoms with Gasteiger partial charge in [-0.3, -0.25) is 4.98 Å². The van der Waals surface area contributed by atoms with Gasteiger partial charge in [-0.1, -0.05) is 0 Å². The molecular weight excluding hydrogens is 244 g/mol. The normalized spacial score (nSPS) is 17.1. The number of rotatable bonds is 2. The summed E-state index contributed by atoms with van der Waals surface area (Å²) in [5.74, 6) is 0.541. The average Bonchev–Trinajstić information content (AvgIpc) is 2.85. The van der Waals surface area contributed by atoms with Gasteiger partial charge in [0.25, 0.3) is 0 Å². The first-order valence-electron chi connectivity index (χ1n) is 4.74. The summed E-state index contributed by atoms with van der Waals surface area (Å²) in [6, 6.07) is 0. The maximum Gasteiger partial charge on any atom is 0.127 e. The number of aromatic nitrogens is 2. The van der Waals surface area contributed by atoms with Crippen molar-refractivity contribution in [1.29, 1.82) is 0 Å². The minimum atomic E-state index is -0.905. The van der Waals surface area contributed by atoms with Crippen molar-refractivity contribution >= 4 is 15.9 Å². The van der Waals surface area contributed by atoms with Crippen molar-refractivity contribution in [3.8, 4) is 0 Å². The molecule has 4 heteroatoms. The van der Waals surface area contributed by atoms with Gasteiger partial charge >= 0.3 is 0 Å².